The zero-order chi connectivity index (χ0) is 17.5. The molecule has 0 saturated heterocycles. The largest absolute Gasteiger partial charge is 0.435 e. The van der Waals surface area contributed by atoms with Crippen LogP contribution in [0.5, 0.6) is 5.75 Å². The molecule has 0 spiro atoms. The summed E-state index contributed by atoms with van der Waals surface area (Å²) in [6.45, 7) is 1.59. The van der Waals surface area contributed by atoms with Crippen LogP contribution in [0.25, 0.3) is 0 Å². The highest BCUT2D eigenvalue weighted by Crippen LogP contribution is 2.29. The number of hydrogen-bond donors (Lipinski definition) is 2. The van der Waals surface area contributed by atoms with E-state index in [1.165, 1.54) is 47.4 Å². The third-order valence-corrected chi connectivity index (χ3v) is 4.79. The van der Waals surface area contributed by atoms with Gasteiger partial charge in [-0.2, -0.15) is 8.78 Å². The second kappa shape index (κ2) is 8.78. The fourth-order valence-electron chi connectivity index (χ4n) is 1.65. The van der Waals surface area contributed by atoms with Crippen molar-refractivity contribution in [2.24, 2.45) is 0 Å². The second-order valence-corrected chi connectivity index (χ2v) is 7.12. The predicted molar refractivity (Wildman–Crippen MR) is 91.1 cm³/mol. The van der Waals surface area contributed by atoms with E-state index in [4.69, 9.17) is 0 Å². The lowest BCUT2D eigenvalue weighted by molar-refractivity contribution is -0.115. The molecule has 2 N–H and O–H groups in total. The van der Waals surface area contributed by atoms with Crippen LogP contribution in [0, 0.1) is 0 Å². The number of alkyl halides is 2. The van der Waals surface area contributed by atoms with Gasteiger partial charge in [0.2, 0.25) is 11.0 Å². The van der Waals surface area contributed by atoms with Crippen LogP contribution in [0.3, 0.4) is 0 Å². The lowest BCUT2D eigenvalue weighted by Gasteiger charge is -2.11. The highest BCUT2D eigenvalue weighted by atomic mass is 32.2. The first kappa shape index (κ1) is 18.4. The molecule has 0 unspecified atom stereocenters. The number of nitrogens with one attached hydrogen (secondary N) is 2. The van der Waals surface area contributed by atoms with Crippen LogP contribution in [0.15, 0.2) is 28.6 Å². The summed E-state index contributed by atoms with van der Waals surface area (Å²) in [7, 11) is 0. The second-order valence-electron chi connectivity index (χ2n) is 4.56. The quantitative estimate of drug-likeness (QED) is 0.687. The number of halogens is 2. The van der Waals surface area contributed by atoms with Crippen LogP contribution in [0.1, 0.15) is 13.8 Å². The molecule has 0 aliphatic heterocycles. The minimum absolute atomic E-state index is 0.0373. The highest BCUT2D eigenvalue weighted by Gasteiger charge is 2.17. The molecule has 0 fully saturated rings. The summed E-state index contributed by atoms with van der Waals surface area (Å²) in [5.74, 6) is -0.182. The van der Waals surface area contributed by atoms with Gasteiger partial charge < -0.3 is 15.4 Å². The normalized spacial score (nSPS) is 12.0. The SMILES string of the molecule is CCNc1nnc(S[C@@H](C)C(=O)Nc2ccc(OC(F)F)cc2)s1. The van der Waals surface area contributed by atoms with E-state index in [-0.39, 0.29) is 16.9 Å². The maximum atomic E-state index is 12.2. The van der Waals surface area contributed by atoms with Crippen molar-refractivity contribution in [3.63, 3.8) is 0 Å². The zero-order valence-corrected chi connectivity index (χ0v) is 14.6. The predicted octanol–water partition coefficient (Wildman–Crippen LogP) is 3.69. The summed E-state index contributed by atoms with van der Waals surface area (Å²) in [6.07, 6.45) is 0. The van der Waals surface area contributed by atoms with Crippen molar-refractivity contribution >= 4 is 39.8 Å². The molecule has 6 nitrogen and oxygen atoms in total. The number of nitrogens with zero attached hydrogens (tertiary/aromatic N) is 2. The molecule has 1 aromatic carbocycles. The molecule has 0 bridgehead atoms. The van der Waals surface area contributed by atoms with Crippen LogP contribution in [-0.2, 0) is 4.79 Å². The number of amides is 1. The summed E-state index contributed by atoms with van der Waals surface area (Å²) in [5, 5.41) is 14.1. The number of aromatic nitrogens is 2. The Kier molecular flexibility index (Phi) is 6.73. The third kappa shape index (κ3) is 5.60. The van der Waals surface area contributed by atoms with Crippen molar-refractivity contribution in [2.75, 3.05) is 17.2 Å². The molecule has 2 aromatic rings. The lowest BCUT2D eigenvalue weighted by atomic mass is 10.3. The third-order valence-electron chi connectivity index (χ3n) is 2.73. The van der Waals surface area contributed by atoms with Crippen LogP contribution in [0.4, 0.5) is 19.6 Å². The van der Waals surface area contributed by atoms with E-state index in [1.54, 1.807) is 6.92 Å². The van der Waals surface area contributed by atoms with Gasteiger partial charge in [0, 0.05) is 12.2 Å². The van der Waals surface area contributed by atoms with Gasteiger partial charge in [0.25, 0.3) is 0 Å². The number of benzene rings is 1. The van der Waals surface area contributed by atoms with Crippen LogP contribution in [-0.4, -0.2) is 34.5 Å². The van der Waals surface area contributed by atoms with Crippen molar-refractivity contribution in [1.82, 2.24) is 10.2 Å². The van der Waals surface area contributed by atoms with E-state index in [2.05, 4.69) is 25.6 Å². The maximum absolute atomic E-state index is 12.2. The maximum Gasteiger partial charge on any atom is 0.387 e. The van der Waals surface area contributed by atoms with Crippen LogP contribution >= 0.6 is 23.1 Å². The van der Waals surface area contributed by atoms with Gasteiger partial charge in [-0.05, 0) is 38.1 Å². The molecule has 24 heavy (non-hydrogen) atoms. The first-order chi connectivity index (χ1) is 11.5. The Balaban J connectivity index is 1.88. The van der Waals surface area contributed by atoms with Crippen molar-refractivity contribution in [3.05, 3.63) is 24.3 Å². The van der Waals surface area contributed by atoms with Crippen molar-refractivity contribution in [2.45, 2.75) is 30.0 Å². The van der Waals surface area contributed by atoms with E-state index >= 15 is 0 Å². The molecule has 1 amide bonds. The monoisotopic (exact) mass is 374 g/mol. The van der Waals surface area contributed by atoms with E-state index in [1.807, 2.05) is 6.92 Å². The Bertz CT molecular complexity index is 667. The number of ether oxygens (including phenoxy) is 1. The summed E-state index contributed by atoms with van der Waals surface area (Å²) in [5.41, 5.74) is 0.500. The Hall–Kier alpha value is -1.94. The lowest BCUT2D eigenvalue weighted by Crippen LogP contribution is -2.22. The topological polar surface area (TPSA) is 76.1 Å². The van der Waals surface area contributed by atoms with Gasteiger partial charge in [-0.1, -0.05) is 23.1 Å². The van der Waals surface area contributed by atoms with Gasteiger partial charge in [0.1, 0.15) is 5.75 Å². The Labute approximate surface area is 146 Å². The fourth-order valence-corrected chi connectivity index (χ4v) is 3.61. The molecule has 0 aliphatic carbocycles. The van der Waals surface area contributed by atoms with Gasteiger partial charge in [-0.25, -0.2) is 0 Å². The Morgan fingerprint density at radius 3 is 2.67 bits per heavy atom. The smallest absolute Gasteiger partial charge is 0.387 e. The van der Waals surface area contributed by atoms with E-state index in [0.29, 0.717) is 15.2 Å². The number of thioether (sulfide) groups is 1. The average Bonchev–Trinajstić information content (AvgIpc) is 2.96. The van der Waals surface area contributed by atoms with Crippen LogP contribution in [0.2, 0.25) is 0 Å². The summed E-state index contributed by atoms with van der Waals surface area (Å²) in [4.78, 5) is 12.2. The van der Waals surface area contributed by atoms with E-state index < -0.39 is 6.61 Å². The molecule has 0 saturated carbocycles. The molecular weight excluding hydrogens is 358 g/mol. The Morgan fingerprint density at radius 1 is 1.33 bits per heavy atom. The molecule has 1 atom stereocenters. The number of carbonyl (C=O) groups is 1. The van der Waals surface area contributed by atoms with E-state index in [9.17, 15) is 13.6 Å². The minimum atomic E-state index is -2.87. The van der Waals surface area contributed by atoms with Crippen molar-refractivity contribution in [1.29, 1.82) is 0 Å². The molecule has 0 aliphatic rings. The first-order valence-electron chi connectivity index (χ1n) is 7.07. The van der Waals surface area contributed by atoms with Crippen molar-refractivity contribution in [3.8, 4) is 5.75 Å². The minimum Gasteiger partial charge on any atom is -0.435 e. The zero-order valence-electron chi connectivity index (χ0n) is 13.0. The number of rotatable bonds is 8. The highest BCUT2D eigenvalue weighted by molar-refractivity contribution is 8.02. The van der Waals surface area contributed by atoms with Gasteiger partial charge in [-0.15, -0.1) is 10.2 Å². The molecule has 0 radical (unpaired) electrons. The van der Waals surface area contributed by atoms with Gasteiger partial charge in [-0.3, -0.25) is 4.79 Å². The number of hydrogen-bond acceptors (Lipinski definition) is 7. The van der Waals surface area contributed by atoms with Gasteiger partial charge in [0.15, 0.2) is 4.34 Å². The fraction of sp³-hybridized carbons (Fsp3) is 0.357. The average molecular weight is 374 g/mol. The van der Waals surface area contributed by atoms with Gasteiger partial charge in [0.05, 0.1) is 5.25 Å². The first-order valence-corrected chi connectivity index (χ1v) is 8.77. The van der Waals surface area contributed by atoms with Gasteiger partial charge >= 0.3 is 6.61 Å². The van der Waals surface area contributed by atoms with Crippen LogP contribution < -0.4 is 15.4 Å². The van der Waals surface area contributed by atoms with Crippen molar-refractivity contribution < 1.29 is 18.3 Å². The molecule has 130 valence electrons. The summed E-state index contributed by atoms with van der Waals surface area (Å²) >= 11 is 2.68. The molecule has 1 aromatic heterocycles. The molecule has 10 heteroatoms. The standard InChI is InChI=1S/C14H16F2N4O2S2/c1-3-17-13-19-20-14(24-13)23-8(2)11(21)18-9-4-6-10(7-5-9)22-12(15)16/h4-8,12H,3H2,1-2H3,(H,17,19)(H,18,21)/t8-/m0/s1. The number of carbonyl (C=O) groups excluding carboxylic acids is 1. The molecular formula is C14H16F2N4O2S2. The Morgan fingerprint density at radius 2 is 2.04 bits per heavy atom. The summed E-state index contributed by atoms with van der Waals surface area (Å²) < 4.78 is 29.1. The summed E-state index contributed by atoms with van der Waals surface area (Å²) in [6, 6.07) is 5.74. The number of anilines is 2. The molecule has 2 rings (SSSR count). The molecule has 1 heterocycles. The van der Waals surface area contributed by atoms with E-state index in [0.717, 1.165) is 6.54 Å².